The van der Waals surface area contributed by atoms with Crippen LogP contribution in [0.2, 0.25) is 0 Å². The number of hydrogen-bond acceptors (Lipinski definition) is 2. The molecule has 0 aromatic carbocycles. The van der Waals surface area contributed by atoms with Crippen molar-refractivity contribution in [2.75, 3.05) is 0 Å². The van der Waals surface area contributed by atoms with Crippen LogP contribution in [0, 0.1) is 5.92 Å². The second-order valence-electron chi connectivity index (χ2n) is 3.03. The fourth-order valence-corrected chi connectivity index (χ4v) is 1.39. The third-order valence-electron chi connectivity index (χ3n) is 2.08. The summed E-state index contributed by atoms with van der Waals surface area (Å²) in [5, 5.41) is 11.2. The molecule has 2 nitrogen and oxygen atoms in total. The van der Waals surface area contributed by atoms with Gasteiger partial charge < -0.3 is 5.21 Å². The normalized spacial score (nSPS) is 23.2. The first-order valence-corrected chi connectivity index (χ1v) is 4.42. The van der Waals surface area contributed by atoms with Crippen molar-refractivity contribution in [2.45, 2.75) is 25.7 Å². The number of oxime groups is 1. The Morgan fingerprint density at radius 2 is 2.42 bits per heavy atom. The minimum absolute atomic E-state index is 0.651. The van der Waals surface area contributed by atoms with Gasteiger partial charge in [0.15, 0.2) is 0 Å². The average Bonchev–Trinajstić information content (AvgIpc) is 2.33. The molecule has 12 heavy (non-hydrogen) atoms. The Kier molecular flexibility index (Phi) is 4.21. The predicted octanol–water partition coefficient (Wildman–Crippen LogP) is 2.75. The van der Waals surface area contributed by atoms with Gasteiger partial charge in [0.25, 0.3) is 0 Å². The molecule has 0 amide bonds. The number of rotatable bonds is 3. The van der Waals surface area contributed by atoms with Gasteiger partial charge >= 0.3 is 0 Å². The smallest absolute Gasteiger partial charge is 0.0436 e. The quantitative estimate of drug-likeness (QED) is 0.389. The molecule has 1 N–H and O–H groups in total. The zero-order valence-corrected chi connectivity index (χ0v) is 7.19. The minimum Gasteiger partial charge on any atom is -0.411 e. The van der Waals surface area contributed by atoms with Crippen molar-refractivity contribution in [1.29, 1.82) is 0 Å². The summed E-state index contributed by atoms with van der Waals surface area (Å²) >= 11 is 0. The number of hydrogen-bond donors (Lipinski definition) is 1. The lowest BCUT2D eigenvalue weighted by molar-refractivity contribution is 0.320. The van der Waals surface area contributed by atoms with Gasteiger partial charge in [-0.3, -0.25) is 0 Å². The molecule has 0 saturated heterocycles. The van der Waals surface area contributed by atoms with E-state index in [1.54, 1.807) is 6.21 Å². The standard InChI is InChI=1S/C10H15NO/c12-11-9-5-8-10-6-3-1-2-4-7-10/h1-3,6,9-10,12H,4-5,7-8H2/b11-9+. The molecular weight excluding hydrogens is 150 g/mol. The summed E-state index contributed by atoms with van der Waals surface area (Å²) in [6.07, 6.45) is 14.5. The lowest BCUT2D eigenvalue weighted by atomic mass is 9.99. The predicted molar refractivity (Wildman–Crippen MR) is 50.5 cm³/mol. The van der Waals surface area contributed by atoms with E-state index in [2.05, 4.69) is 29.5 Å². The third-order valence-corrected chi connectivity index (χ3v) is 2.08. The first-order chi connectivity index (χ1) is 5.93. The maximum Gasteiger partial charge on any atom is 0.0436 e. The van der Waals surface area contributed by atoms with E-state index in [0.717, 1.165) is 19.3 Å². The van der Waals surface area contributed by atoms with E-state index in [9.17, 15) is 0 Å². The van der Waals surface area contributed by atoms with E-state index in [1.807, 2.05) is 0 Å². The van der Waals surface area contributed by atoms with Crippen LogP contribution in [0.25, 0.3) is 0 Å². The lowest BCUT2D eigenvalue weighted by Crippen LogP contribution is -1.95. The molecule has 0 bridgehead atoms. The van der Waals surface area contributed by atoms with E-state index in [-0.39, 0.29) is 0 Å². The van der Waals surface area contributed by atoms with E-state index in [1.165, 1.54) is 6.42 Å². The van der Waals surface area contributed by atoms with Gasteiger partial charge in [-0.05, 0) is 31.6 Å². The van der Waals surface area contributed by atoms with E-state index < -0.39 is 0 Å². The topological polar surface area (TPSA) is 32.6 Å². The van der Waals surface area contributed by atoms with Gasteiger partial charge in [-0.2, -0.15) is 0 Å². The van der Waals surface area contributed by atoms with Crippen molar-refractivity contribution in [3.8, 4) is 0 Å². The highest BCUT2D eigenvalue weighted by atomic mass is 16.4. The second kappa shape index (κ2) is 5.58. The molecule has 0 aromatic rings. The Morgan fingerprint density at radius 3 is 3.25 bits per heavy atom. The highest BCUT2D eigenvalue weighted by Gasteiger charge is 2.03. The summed E-state index contributed by atoms with van der Waals surface area (Å²) in [6.45, 7) is 0. The van der Waals surface area contributed by atoms with E-state index >= 15 is 0 Å². The molecule has 0 saturated carbocycles. The summed E-state index contributed by atoms with van der Waals surface area (Å²) in [5.41, 5.74) is 0. The monoisotopic (exact) mass is 165 g/mol. The minimum atomic E-state index is 0.651. The molecule has 0 fully saturated rings. The molecule has 1 rings (SSSR count). The third kappa shape index (κ3) is 3.37. The molecule has 1 aliphatic rings. The lowest BCUT2D eigenvalue weighted by Gasteiger charge is -2.07. The van der Waals surface area contributed by atoms with Crippen LogP contribution in [0.5, 0.6) is 0 Å². The first-order valence-electron chi connectivity index (χ1n) is 4.42. The summed E-state index contributed by atoms with van der Waals surface area (Å²) in [6, 6.07) is 0. The Balaban J connectivity index is 2.23. The zero-order chi connectivity index (χ0) is 8.65. The Morgan fingerprint density at radius 1 is 1.50 bits per heavy atom. The average molecular weight is 165 g/mol. The van der Waals surface area contributed by atoms with Gasteiger partial charge in [-0.1, -0.05) is 24.3 Å². The van der Waals surface area contributed by atoms with E-state index in [4.69, 9.17) is 5.21 Å². The van der Waals surface area contributed by atoms with Gasteiger partial charge in [0.2, 0.25) is 0 Å². The Bertz CT molecular complexity index is 194. The van der Waals surface area contributed by atoms with Crippen LogP contribution in [0.15, 0.2) is 29.5 Å². The summed E-state index contributed by atoms with van der Waals surface area (Å²) < 4.78 is 0. The van der Waals surface area contributed by atoms with Crippen LogP contribution in [0.3, 0.4) is 0 Å². The maximum absolute atomic E-state index is 8.19. The molecule has 0 heterocycles. The zero-order valence-electron chi connectivity index (χ0n) is 7.19. The Labute approximate surface area is 73.3 Å². The summed E-state index contributed by atoms with van der Waals surface area (Å²) in [4.78, 5) is 0. The van der Waals surface area contributed by atoms with Crippen molar-refractivity contribution in [3.05, 3.63) is 24.3 Å². The van der Waals surface area contributed by atoms with Crippen LogP contribution >= 0.6 is 0 Å². The molecule has 0 spiro atoms. The molecule has 1 aliphatic carbocycles. The second-order valence-corrected chi connectivity index (χ2v) is 3.03. The van der Waals surface area contributed by atoms with Crippen molar-refractivity contribution < 1.29 is 5.21 Å². The van der Waals surface area contributed by atoms with Crippen molar-refractivity contribution in [2.24, 2.45) is 11.1 Å². The molecule has 0 aromatic heterocycles. The van der Waals surface area contributed by atoms with Gasteiger partial charge in [0.05, 0.1) is 0 Å². The van der Waals surface area contributed by atoms with Crippen LogP contribution in [0.4, 0.5) is 0 Å². The highest BCUT2D eigenvalue weighted by Crippen LogP contribution is 2.17. The van der Waals surface area contributed by atoms with Gasteiger partial charge in [-0.25, -0.2) is 0 Å². The van der Waals surface area contributed by atoms with Crippen molar-refractivity contribution >= 4 is 6.21 Å². The van der Waals surface area contributed by atoms with Gasteiger partial charge in [-0.15, -0.1) is 5.16 Å². The van der Waals surface area contributed by atoms with Crippen molar-refractivity contribution in [1.82, 2.24) is 0 Å². The molecular formula is C10H15NO. The Hall–Kier alpha value is -1.05. The number of allylic oxidation sites excluding steroid dienone is 4. The van der Waals surface area contributed by atoms with Crippen LogP contribution in [-0.4, -0.2) is 11.4 Å². The fraction of sp³-hybridized carbons (Fsp3) is 0.500. The number of nitrogens with zero attached hydrogens (tertiary/aromatic N) is 1. The maximum atomic E-state index is 8.19. The first kappa shape index (κ1) is 9.04. The van der Waals surface area contributed by atoms with Gasteiger partial charge in [0.1, 0.15) is 0 Å². The fourth-order valence-electron chi connectivity index (χ4n) is 1.39. The largest absolute Gasteiger partial charge is 0.411 e. The van der Waals surface area contributed by atoms with Crippen molar-refractivity contribution in [3.63, 3.8) is 0 Å². The SMILES string of the molecule is O/N=C/CCC1C=CC=CCC1. The van der Waals surface area contributed by atoms with Crippen LogP contribution < -0.4 is 0 Å². The molecule has 0 radical (unpaired) electrons. The molecule has 2 heteroatoms. The van der Waals surface area contributed by atoms with Crippen LogP contribution in [0.1, 0.15) is 25.7 Å². The highest BCUT2D eigenvalue weighted by molar-refractivity contribution is 5.56. The molecule has 0 aliphatic heterocycles. The summed E-state index contributed by atoms with van der Waals surface area (Å²) in [7, 11) is 0. The van der Waals surface area contributed by atoms with Gasteiger partial charge in [0, 0.05) is 6.21 Å². The van der Waals surface area contributed by atoms with E-state index in [0.29, 0.717) is 5.92 Å². The molecule has 1 unspecified atom stereocenters. The van der Waals surface area contributed by atoms with Crippen LogP contribution in [-0.2, 0) is 0 Å². The molecule has 66 valence electrons. The molecule has 1 atom stereocenters. The summed E-state index contributed by atoms with van der Waals surface area (Å²) in [5.74, 6) is 0.651.